The van der Waals surface area contributed by atoms with Gasteiger partial charge in [0.25, 0.3) is 5.92 Å². The number of halogens is 2. The zero-order valence-electron chi connectivity index (χ0n) is 13.4. The van der Waals surface area contributed by atoms with Crippen LogP contribution in [0.5, 0.6) is 5.88 Å². The number of hydrogen-bond acceptors (Lipinski definition) is 4. The number of methoxy groups -OCH3 is 1. The number of carbonyl (C=O) groups excluding carboxylic acids is 1. The van der Waals surface area contributed by atoms with Gasteiger partial charge in [0.1, 0.15) is 0 Å². The van der Waals surface area contributed by atoms with Gasteiger partial charge in [0.05, 0.1) is 19.1 Å². The van der Waals surface area contributed by atoms with Crippen molar-refractivity contribution in [3.05, 3.63) is 23.9 Å². The summed E-state index contributed by atoms with van der Waals surface area (Å²) in [6, 6.07) is 3.57. The van der Waals surface area contributed by atoms with Crippen LogP contribution in [0, 0.1) is 5.41 Å². The molecule has 1 spiro atoms. The summed E-state index contributed by atoms with van der Waals surface area (Å²) >= 11 is 0. The molecule has 1 aromatic heterocycles. The van der Waals surface area contributed by atoms with E-state index in [1.807, 2.05) is 6.07 Å². The smallest absolute Gasteiger partial charge is 0.261 e. The highest BCUT2D eigenvalue weighted by Gasteiger charge is 2.56. The van der Waals surface area contributed by atoms with E-state index in [0.29, 0.717) is 31.9 Å². The molecule has 2 saturated heterocycles. The van der Waals surface area contributed by atoms with Gasteiger partial charge in [0, 0.05) is 44.9 Å². The molecule has 7 heteroatoms. The second-order valence-electron chi connectivity index (χ2n) is 6.61. The van der Waals surface area contributed by atoms with Crippen molar-refractivity contribution in [3.8, 4) is 5.88 Å². The summed E-state index contributed by atoms with van der Waals surface area (Å²) < 4.78 is 33.7. The average Bonchev–Trinajstić information content (AvgIpc) is 2.74. The molecule has 126 valence electrons. The van der Waals surface area contributed by atoms with Gasteiger partial charge in [-0.05, 0) is 12.5 Å². The molecule has 5 nitrogen and oxygen atoms in total. The lowest BCUT2D eigenvalue weighted by molar-refractivity contribution is -0.154. The number of ether oxygens (including phenoxy) is 1. The van der Waals surface area contributed by atoms with Crippen molar-refractivity contribution < 1.29 is 18.3 Å². The fraction of sp³-hybridized carbons (Fsp3) is 0.625. The Bertz CT molecular complexity index is 611. The topological polar surface area (TPSA) is 45.7 Å². The molecule has 0 saturated carbocycles. The Balaban J connectivity index is 1.84. The molecule has 0 aromatic carbocycles. The van der Waals surface area contributed by atoms with Crippen molar-refractivity contribution >= 4 is 5.91 Å². The molecule has 1 amide bonds. The molecule has 0 bridgehead atoms. The standard InChI is InChI=1S/C16H21F2N3O2/c1-20-7-5-15(14(20)22)9-16(17,18)11-21(10-15)8-12-4-3-6-19-13(12)23-2/h3-4,6H,5,7-11H2,1-2H3. The number of rotatable bonds is 3. The molecule has 1 unspecified atom stereocenters. The fourth-order valence-corrected chi connectivity index (χ4v) is 3.80. The maximum absolute atomic E-state index is 14.3. The number of hydrogen-bond donors (Lipinski definition) is 0. The first-order valence-corrected chi connectivity index (χ1v) is 7.69. The van der Waals surface area contributed by atoms with Gasteiger partial charge in [-0.1, -0.05) is 6.07 Å². The summed E-state index contributed by atoms with van der Waals surface area (Å²) in [5.41, 5.74) is -0.215. The predicted molar refractivity (Wildman–Crippen MR) is 80.3 cm³/mol. The van der Waals surface area contributed by atoms with E-state index in [-0.39, 0.29) is 18.9 Å². The van der Waals surface area contributed by atoms with Crippen LogP contribution in [-0.2, 0) is 11.3 Å². The molecule has 0 radical (unpaired) electrons. The Morgan fingerprint density at radius 3 is 2.83 bits per heavy atom. The van der Waals surface area contributed by atoms with Crippen molar-refractivity contribution in [2.75, 3.05) is 33.8 Å². The number of likely N-dealkylation sites (tertiary alicyclic amines) is 2. The second-order valence-corrected chi connectivity index (χ2v) is 6.61. The van der Waals surface area contributed by atoms with Crippen molar-refractivity contribution in [3.63, 3.8) is 0 Å². The van der Waals surface area contributed by atoms with Crippen LogP contribution >= 0.6 is 0 Å². The molecular weight excluding hydrogens is 304 g/mol. The maximum atomic E-state index is 14.3. The van der Waals surface area contributed by atoms with Crippen molar-refractivity contribution in [1.82, 2.24) is 14.8 Å². The van der Waals surface area contributed by atoms with Crippen LogP contribution in [0.15, 0.2) is 18.3 Å². The van der Waals surface area contributed by atoms with Gasteiger partial charge in [-0.25, -0.2) is 13.8 Å². The van der Waals surface area contributed by atoms with Crippen LogP contribution in [-0.4, -0.2) is 60.4 Å². The number of nitrogens with zero attached hydrogens (tertiary/aromatic N) is 3. The number of pyridine rings is 1. The maximum Gasteiger partial charge on any atom is 0.261 e. The van der Waals surface area contributed by atoms with E-state index in [0.717, 1.165) is 5.56 Å². The van der Waals surface area contributed by atoms with Gasteiger partial charge in [0.2, 0.25) is 11.8 Å². The number of carbonyl (C=O) groups is 1. The molecule has 1 aromatic rings. The summed E-state index contributed by atoms with van der Waals surface area (Å²) in [6.45, 7) is 0.845. The molecule has 2 aliphatic heterocycles. The molecule has 1 atom stereocenters. The van der Waals surface area contributed by atoms with E-state index in [4.69, 9.17) is 4.74 Å². The lowest BCUT2D eigenvalue weighted by Gasteiger charge is -2.42. The van der Waals surface area contributed by atoms with Gasteiger partial charge in [-0.2, -0.15) is 0 Å². The number of alkyl halides is 2. The molecule has 2 fully saturated rings. The van der Waals surface area contributed by atoms with Crippen LogP contribution in [0.1, 0.15) is 18.4 Å². The van der Waals surface area contributed by atoms with Gasteiger partial charge in [0.15, 0.2) is 0 Å². The lowest BCUT2D eigenvalue weighted by Crippen LogP contribution is -2.55. The third kappa shape index (κ3) is 3.02. The lowest BCUT2D eigenvalue weighted by atomic mass is 9.77. The third-order valence-corrected chi connectivity index (χ3v) is 4.74. The Kier molecular flexibility index (Phi) is 4.00. The average molecular weight is 325 g/mol. The Morgan fingerprint density at radius 1 is 1.39 bits per heavy atom. The van der Waals surface area contributed by atoms with Crippen molar-refractivity contribution in [2.45, 2.75) is 25.3 Å². The van der Waals surface area contributed by atoms with Gasteiger partial charge < -0.3 is 9.64 Å². The number of amides is 1. The zero-order chi connectivity index (χ0) is 16.7. The van der Waals surface area contributed by atoms with Crippen LogP contribution in [0.25, 0.3) is 0 Å². The minimum atomic E-state index is -2.87. The van der Waals surface area contributed by atoms with Crippen LogP contribution < -0.4 is 4.74 Å². The SMILES string of the molecule is COc1ncccc1CN1CC(F)(F)CC2(CCN(C)C2=O)C1. The summed E-state index contributed by atoms with van der Waals surface area (Å²) in [6.07, 6.45) is 1.73. The third-order valence-electron chi connectivity index (χ3n) is 4.74. The number of piperidine rings is 1. The molecule has 3 heterocycles. The monoisotopic (exact) mass is 325 g/mol. The van der Waals surface area contributed by atoms with Gasteiger partial charge in [-0.3, -0.25) is 9.69 Å². The van der Waals surface area contributed by atoms with E-state index in [2.05, 4.69) is 4.98 Å². The van der Waals surface area contributed by atoms with E-state index in [9.17, 15) is 13.6 Å². The van der Waals surface area contributed by atoms with Crippen LogP contribution in [0.2, 0.25) is 0 Å². The normalized spacial score (nSPS) is 27.7. The first kappa shape index (κ1) is 16.1. The van der Waals surface area contributed by atoms with Gasteiger partial charge in [-0.15, -0.1) is 0 Å². The largest absolute Gasteiger partial charge is 0.481 e. The van der Waals surface area contributed by atoms with Crippen molar-refractivity contribution in [2.24, 2.45) is 5.41 Å². The molecule has 2 aliphatic rings. The molecule has 0 N–H and O–H groups in total. The molecule has 23 heavy (non-hydrogen) atoms. The summed E-state index contributed by atoms with van der Waals surface area (Å²) in [7, 11) is 3.19. The number of aromatic nitrogens is 1. The summed E-state index contributed by atoms with van der Waals surface area (Å²) in [5, 5.41) is 0. The minimum absolute atomic E-state index is 0.167. The molecule has 0 aliphatic carbocycles. The summed E-state index contributed by atoms with van der Waals surface area (Å²) in [4.78, 5) is 19.7. The Hall–Kier alpha value is -1.76. The zero-order valence-corrected chi connectivity index (χ0v) is 13.4. The Labute approximate surface area is 134 Å². The van der Waals surface area contributed by atoms with E-state index in [1.165, 1.54) is 7.11 Å². The van der Waals surface area contributed by atoms with Crippen LogP contribution in [0.3, 0.4) is 0 Å². The van der Waals surface area contributed by atoms with Crippen LogP contribution in [0.4, 0.5) is 8.78 Å². The first-order chi connectivity index (χ1) is 10.9. The van der Waals surface area contributed by atoms with E-state index < -0.39 is 11.3 Å². The second kappa shape index (κ2) is 5.70. The van der Waals surface area contributed by atoms with Gasteiger partial charge >= 0.3 is 0 Å². The fourth-order valence-electron chi connectivity index (χ4n) is 3.80. The Morgan fingerprint density at radius 2 is 2.17 bits per heavy atom. The summed E-state index contributed by atoms with van der Waals surface area (Å²) in [5.74, 6) is -2.60. The highest BCUT2D eigenvalue weighted by molar-refractivity contribution is 5.85. The first-order valence-electron chi connectivity index (χ1n) is 7.69. The molecular formula is C16H21F2N3O2. The van der Waals surface area contributed by atoms with Crippen molar-refractivity contribution in [1.29, 1.82) is 0 Å². The highest BCUT2D eigenvalue weighted by atomic mass is 19.3. The predicted octanol–water partition coefficient (Wildman–Crippen LogP) is 1.78. The van der Waals surface area contributed by atoms with E-state index in [1.54, 1.807) is 29.1 Å². The quantitative estimate of drug-likeness (QED) is 0.850. The van der Waals surface area contributed by atoms with E-state index >= 15 is 0 Å². The highest BCUT2D eigenvalue weighted by Crippen LogP contribution is 2.45. The minimum Gasteiger partial charge on any atom is -0.481 e. The molecule has 3 rings (SSSR count).